The zero-order valence-electron chi connectivity index (χ0n) is 48.4. The normalized spacial score (nSPS) is 17.4. The van der Waals surface area contributed by atoms with Crippen LogP contribution in [0.25, 0.3) is 0 Å². The predicted octanol–water partition coefficient (Wildman–Crippen LogP) is 0.00990. The molecule has 3 aromatic carbocycles. The first-order valence-corrected chi connectivity index (χ1v) is 31.0. The molecular weight excluding hydrogens is 1090 g/mol. The Labute approximate surface area is 486 Å². The molecule has 0 unspecified atom stereocenters. The van der Waals surface area contributed by atoms with Gasteiger partial charge in [-0.05, 0) is 51.4 Å². The van der Waals surface area contributed by atoms with Gasteiger partial charge in [-0.3, -0.25) is 48.8 Å². The number of primary amides is 1. The number of rotatable bonds is 30. The molecule has 5 rings (SSSR count). The van der Waals surface area contributed by atoms with Crippen LogP contribution in [0.15, 0.2) is 84.9 Å². The van der Waals surface area contributed by atoms with E-state index >= 15 is 0 Å². The molecule has 12 N–H and O–H groups in total. The number of phenols is 1. The van der Waals surface area contributed by atoms with E-state index in [1.165, 1.54) is 46.4 Å². The van der Waals surface area contributed by atoms with Crippen LogP contribution in [-0.4, -0.2) is 170 Å². The van der Waals surface area contributed by atoms with E-state index in [2.05, 4.69) is 116 Å². The van der Waals surface area contributed by atoms with Gasteiger partial charge in [-0.25, -0.2) is 4.79 Å². The summed E-state index contributed by atoms with van der Waals surface area (Å²) in [5.74, 6) is -5.52. The minimum absolute atomic E-state index is 0.0681. The molecule has 0 saturated carbocycles. The molecule has 448 valence electrons. The Kier molecular flexibility index (Phi) is 25.2. The van der Waals surface area contributed by atoms with E-state index in [-0.39, 0.29) is 53.3 Å². The summed E-state index contributed by atoms with van der Waals surface area (Å²) < 4.78 is 14.4. The zero-order valence-corrected chi connectivity index (χ0v) is 50.2. The average molecular weight is 1170 g/mol. The van der Waals surface area contributed by atoms with Crippen molar-refractivity contribution in [1.29, 1.82) is 0 Å². The molecule has 82 heavy (non-hydrogen) atoms. The lowest BCUT2D eigenvalue weighted by molar-refractivity contribution is -0.542. The number of hydrogen-bond acceptors (Lipinski definition) is 15. The smallest absolute Gasteiger partial charge is 0.346 e. The number of carbonyl (C=O) groups excluding carboxylic acids is 8. The third-order valence-electron chi connectivity index (χ3n) is 14.6. The van der Waals surface area contributed by atoms with Crippen molar-refractivity contribution in [2.75, 3.05) is 51.5 Å². The summed E-state index contributed by atoms with van der Waals surface area (Å²) in [5.41, 5.74) is 5.88. The molecular formula is C58H85N10O12SSi+. The number of methoxy groups -OCH3 is 1. The maximum absolute atomic E-state index is 14.0. The lowest BCUT2D eigenvalue weighted by atomic mass is 9.97. The lowest BCUT2D eigenvalue weighted by Gasteiger charge is -2.44. The van der Waals surface area contributed by atoms with Crippen molar-refractivity contribution < 1.29 is 62.3 Å². The topological polar surface area (TPSA) is 321 Å². The molecule has 0 spiro atoms. The SMILES string of the molecule is CC[C@H](C)[C@H](NC(=O)CNC(=O)CSC[C@@H]1CC[N+]2=C(N[C@H](CO[Si](c3ccccc3)(c3ccccc3)C(C)(C)C)CC2)N1)C(=O)N[C@@H](CO)C(=O)N[C@@H](Cc1ccc(O)cc1)C(=O)N[C@@H](CC(N)=O)C(=O)N[C@@H](CC(C)C)C(=O)OC. The van der Waals surface area contributed by atoms with E-state index in [1.807, 2.05) is 26.0 Å². The van der Waals surface area contributed by atoms with Gasteiger partial charge < -0.3 is 57.0 Å². The van der Waals surface area contributed by atoms with Crippen LogP contribution >= 0.6 is 11.8 Å². The van der Waals surface area contributed by atoms with E-state index < -0.39 is 105 Å². The lowest BCUT2D eigenvalue weighted by Crippen LogP contribution is -2.68. The monoisotopic (exact) mass is 1170 g/mol. The number of phenolic OH excluding ortho intramolecular Hbond substituents is 1. The van der Waals surface area contributed by atoms with Gasteiger partial charge in [0, 0.05) is 25.0 Å². The number of carbonyl (C=O) groups is 8. The van der Waals surface area contributed by atoms with Crippen LogP contribution in [0.1, 0.15) is 86.1 Å². The Morgan fingerprint density at radius 1 is 0.744 bits per heavy atom. The third kappa shape index (κ3) is 19.0. The summed E-state index contributed by atoms with van der Waals surface area (Å²) in [5, 5.41) is 45.1. The van der Waals surface area contributed by atoms with E-state index in [0.29, 0.717) is 24.3 Å². The van der Waals surface area contributed by atoms with Crippen LogP contribution in [0.4, 0.5) is 0 Å². The second-order valence-electron chi connectivity index (χ2n) is 22.4. The number of aliphatic hydroxyl groups excluding tert-OH is 1. The molecule has 0 saturated heterocycles. The largest absolute Gasteiger partial charge is 0.508 e. The average Bonchev–Trinajstić information content (AvgIpc) is 1.94. The van der Waals surface area contributed by atoms with Crippen LogP contribution in [0, 0.1) is 11.8 Å². The maximum Gasteiger partial charge on any atom is 0.346 e. The number of esters is 1. The zero-order chi connectivity index (χ0) is 60.1. The molecule has 7 amide bonds. The van der Waals surface area contributed by atoms with Gasteiger partial charge in [-0.15, -0.1) is 11.8 Å². The third-order valence-corrected chi connectivity index (χ3v) is 20.7. The van der Waals surface area contributed by atoms with Gasteiger partial charge in [0.25, 0.3) is 8.32 Å². The molecule has 2 aliphatic rings. The molecule has 2 heterocycles. The minimum atomic E-state index is -2.73. The van der Waals surface area contributed by atoms with Gasteiger partial charge >= 0.3 is 11.9 Å². The summed E-state index contributed by atoms with van der Waals surface area (Å²) in [7, 11) is -1.59. The van der Waals surface area contributed by atoms with Crippen molar-refractivity contribution in [3.05, 3.63) is 90.5 Å². The maximum atomic E-state index is 14.0. The van der Waals surface area contributed by atoms with Gasteiger partial charge in [0.2, 0.25) is 41.4 Å². The molecule has 8 atom stereocenters. The van der Waals surface area contributed by atoms with Crippen LogP contribution in [-0.2, 0) is 53.9 Å². The summed E-state index contributed by atoms with van der Waals surface area (Å²) >= 11 is 1.43. The standard InChI is InChI=1S/C58H84N10O12SSi/c1-9-37(4)51(55(77)66-47(32-69)54(76)63-44(29-38-20-22-41(70)23-21-38)52(74)64-45(30-48(59)71)53(75)65-46(28-36(2)3)56(78)79-8)67-49(72)31-60-50(73)35-81-34-40-25-27-68-26-24-39(61-57(68)62-40)33-80-82(58(5,6)7,42-16-12-10-13-17-42)43-18-14-11-15-19-43/h10-23,36-37,39-40,44-47,51,69H,9,24-35H2,1-8H3,(H10,59,60,61,62,63,64,65,66,67,70,71,72,73,74,75,76,77)/p+1/t37-,39-,40-,44-,45-,46-,47-,51-/m0/s1. The molecule has 0 radical (unpaired) electrons. The summed E-state index contributed by atoms with van der Waals surface area (Å²) in [6, 6.07) is 19.9. The fraction of sp³-hybridized carbons (Fsp3) is 0.534. The second-order valence-corrected chi connectivity index (χ2v) is 27.7. The predicted molar refractivity (Wildman–Crippen MR) is 315 cm³/mol. The number of benzene rings is 3. The highest BCUT2D eigenvalue weighted by atomic mass is 32.2. The highest BCUT2D eigenvalue weighted by molar-refractivity contribution is 8.00. The number of guanidine groups is 1. The molecule has 24 heteroatoms. The van der Waals surface area contributed by atoms with E-state index in [9.17, 15) is 48.6 Å². The van der Waals surface area contributed by atoms with Crippen LogP contribution in [0.2, 0.25) is 5.04 Å². The number of nitrogens with zero attached hydrogens (tertiary/aromatic N) is 1. The Hall–Kier alpha value is -7.02. The van der Waals surface area contributed by atoms with Crippen molar-refractivity contribution in [1.82, 2.24) is 42.5 Å². The van der Waals surface area contributed by atoms with Gasteiger partial charge in [-0.2, -0.15) is 0 Å². The number of hydrogen-bond donors (Lipinski definition) is 11. The van der Waals surface area contributed by atoms with Crippen molar-refractivity contribution in [2.24, 2.45) is 17.6 Å². The molecule has 0 fully saturated rings. The van der Waals surface area contributed by atoms with Gasteiger partial charge in [-0.1, -0.05) is 128 Å². The van der Waals surface area contributed by atoms with E-state index in [0.717, 1.165) is 39.0 Å². The number of thioether (sulfide) groups is 1. The minimum Gasteiger partial charge on any atom is -0.508 e. The van der Waals surface area contributed by atoms with E-state index in [4.69, 9.17) is 14.9 Å². The van der Waals surface area contributed by atoms with Crippen LogP contribution in [0.3, 0.4) is 0 Å². The molecule has 0 bridgehead atoms. The first kappa shape index (κ1) is 65.8. The summed E-state index contributed by atoms with van der Waals surface area (Å²) in [6.07, 6.45) is 1.44. The Morgan fingerprint density at radius 2 is 1.29 bits per heavy atom. The van der Waals surface area contributed by atoms with Crippen molar-refractivity contribution in [3.8, 4) is 5.75 Å². The van der Waals surface area contributed by atoms with Crippen molar-refractivity contribution in [3.63, 3.8) is 0 Å². The van der Waals surface area contributed by atoms with Gasteiger partial charge in [0.05, 0.1) is 64.2 Å². The quantitative estimate of drug-likeness (QED) is 0.0238. The summed E-state index contributed by atoms with van der Waals surface area (Å²) in [4.78, 5) is 106. The first-order chi connectivity index (χ1) is 39.0. The van der Waals surface area contributed by atoms with Crippen molar-refractivity contribution in [2.45, 2.75) is 134 Å². The first-order valence-electron chi connectivity index (χ1n) is 28.0. The van der Waals surface area contributed by atoms with Crippen molar-refractivity contribution >= 4 is 83.7 Å². The fourth-order valence-corrected chi connectivity index (χ4v) is 15.5. The van der Waals surface area contributed by atoms with Gasteiger partial charge in [0.15, 0.2) is 0 Å². The number of aliphatic hydroxyl groups is 1. The van der Waals surface area contributed by atoms with Crippen LogP contribution in [0.5, 0.6) is 5.75 Å². The molecule has 3 aromatic rings. The van der Waals surface area contributed by atoms with E-state index in [1.54, 1.807) is 13.8 Å². The molecule has 0 aromatic heterocycles. The molecule has 22 nitrogen and oxygen atoms in total. The van der Waals surface area contributed by atoms with Crippen LogP contribution < -0.4 is 58.6 Å². The van der Waals surface area contributed by atoms with Gasteiger partial charge in [0.1, 0.15) is 36.0 Å². The molecule has 0 aliphatic carbocycles. The molecule has 2 aliphatic heterocycles. The highest BCUT2D eigenvalue weighted by Gasteiger charge is 2.51. The summed E-state index contributed by atoms with van der Waals surface area (Å²) in [6.45, 7) is 14.8. The fourth-order valence-electron chi connectivity index (χ4n) is 9.99. The number of aromatic hydroxyl groups is 1. The Morgan fingerprint density at radius 3 is 1.85 bits per heavy atom. The number of ether oxygens (including phenoxy) is 1. The number of amides is 7. The Balaban J connectivity index is 1.13. The number of nitrogens with two attached hydrogens (primary N) is 1. The highest BCUT2D eigenvalue weighted by Crippen LogP contribution is 2.37. The number of nitrogens with one attached hydrogen (secondary N) is 8. The Bertz CT molecular complexity index is 2640. The second kappa shape index (κ2) is 31.4.